The molecule has 0 aliphatic carbocycles. The SMILES string of the molecule is Cc1ccc(Nc2sc(C(=O)c3ccc(C)cc3C)c(N)c2S(=O)(=O)c2ccccc2)cc1. The average molecular weight is 477 g/mol. The third-order valence-electron chi connectivity index (χ3n) is 5.36. The number of carbonyl (C=O) groups is 1. The van der Waals surface area contributed by atoms with Gasteiger partial charge in [0.2, 0.25) is 15.6 Å². The molecule has 4 aromatic rings. The monoisotopic (exact) mass is 476 g/mol. The number of aryl methyl sites for hydroxylation is 3. The number of rotatable bonds is 6. The lowest BCUT2D eigenvalue weighted by molar-refractivity contribution is 0.104. The Kier molecular flexibility index (Phi) is 6.10. The fraction of sp³-hybridized carbons (Fsp3) is 0.115. The molecular formula is C26H24N2O3S2. The van der Waals surface area contributed by atoms with Crippen molar-refractivity contribution in [2.45, 2.75) is 30.6 Å². The van der Waals surface area contributed by atoms with E-state index >= 15 is 0 Å². The lowest BCUT2D eigenvalue weighted by Crippen LogP contribution is -2.09. The van der Waals surface area contributed by atoms with Crippen LogP contribution in [0.5, 0.6) is 0 Å². The van der Waals surface area contributed by atoms with Crippen molar-refractivity contribution in [3.8, 4) is 0 Å². The zero-order valence-electron chi connectivity index (χ0n) is 18.5. The van der Waals surface area contributed by atoms with Crippen LogP contribution in [-0.2, 0) is 9.84 Å². The van der Waals surface area contributed by atoms with E-state index in [-0.39, 0.29) is 26.1 Å². The summed E-state index contributed by atoms with van der Waals surface area (Å²) in [7, 11) is -3.97. The van der Waals surface area contributed by atoms with Crippen molar-refractivity contribution in [2.24, 2.45) is 0 Å². The van der Waals surface area contributed by atoms with Gasteiger partial charge in [0.1, 0.15) is 14.8 Å². The van der Waals surface area contributed by atoms with Crippen LogP contribution in [0, 0.1) is 20.8 Å². The fourth-order valence-corrected chi connectivity index (χ4v) is 6.57. The Bertz CT molecular complexity index is 1440. The number of nitrogens with one attached hydrogen (secondary N) is 1. The van der Waals surface area contributed by atoms with Gasteiger partial charge in [0.05, 0.1) is 10.6 Å². The first-order chi connectivity index (χ1) is 15.7. The summed E-state index contributed by atoms with van der Waals surface area (Å²) in [5.41, 5.74) is 10.5. The van der Waals surface area contributed by atoms with Crippen LogP contribution in [0.1, 0.15) is 31.9 Å². The van der Waals surface area contributed by atoms with Gasteiger partial charge in [-0.05, 0) is 50.6 Å². The number of carbonyl (C=O) groups excluding carboxylic acids is 1. The maximum atomic E-state index is 13.6. The number of benzene rings is 3. The van der Waals surface area contributed by atoms with E-state index in [2.05, 4.69) is 5.32 Å². The quantitative estimate of drug-likeness (QED) is 0.330. The molecule has 3 N–H and O–H groups in total. The van der Waals surface area contributed by atoms with Crippen molar-refractivity contribution in [1.82, 2.24) is 0 Å². The highest BCUT2D eigenvalue weighted by Crippen LogP contribution is 2.44. The Morgan fingerprint density at radius 3 is 2.15 bits per heavy atom. The maximum absolute atomic E-state index is 13.6. The molecule has 0 saturated heterocycles. The summed E-state index contributed by atoms with van der Waals surface area (Å²) in [6.07, 6.45) is 0. The molecule has 0 amide bonds. The van der Waals surface area contributed by atoms with E-state index in [1.165, 1.54) is 12.1 Å². The second-order valence-corrected chi connectivity index (χ2v) is 10.9. The van der Waals surface area contributed by atoms with E-state index in [0.29, 0.717) is 16.3 Å². The molecule has 4 rings (SSSR count). The Hall–Kier alpha value is -3.42. The third-order valence-corrected chi connectivity index (χ3v) is 8.47. The molecule has 0 fully saturated rings. The summed E-state index contributed by atoms with van der Waals surface area (Å²) in [5.74, 6) is -0.295. The smallest absolute Gasteiger partial charge is 0.211 e. The predicted octanol–water partition coefficient (Wildman–Crippen LogP) is 6.06. The summed E-state index contributed by atoms with van der Waals surface area (Å²) in [5, 5.41) is 3.49. The van der Waals surface area contributed by atoms with E-state index < -0.39 is 9.84 Å². The fourth-order valence-electron chi connectivity index (χ4n) is 3.62. The predicted molar refractivity (Wildman–Crippen MR) is 134 cm³/mol. The first-order valence-corrected chi connectivity index (χ1v) is 12.7. The van der Waals surface area contributed by atoms with Gasteiger partial charge in [-0.25, -0.2) is 8.42 Å². The van der Waals surface area contributed by atoms with Gasteiger partial charge >= 0.3 is 0 Å². The van der Waals surface area contributed by atoms with Crippen molar-refractivity contribution in [2.75, 3.05) is 11.1 Å². The summed E-state index contributed by atoms with van der Waals surface area (Å²) < 4.78 is 27.2. The van der Waals surface area contributed by atoms with Crippen molar-refractivity contribution < 1.29 is 13.2 Å². The normalized spacial score (nSPS) is 11.4. The minimum Gasteiger partial charge on any atom is -0.396 e. The number of ketones is 1. The standard InChI is InChI=1S/C26H24N2O3S2/c1-16-9-12-19(13-10-16)28-26-25(33(30,31)20-7-5-4-6-8-20)22(27)24(32-26)23(29)21-14-11-17(2)15-18(21)3/h4-15,28H,27H2,1-3H3. The molecule has 0 atom stereocenters. The number of hydrogen-bond donors (Lipinski definition) is 2. The minimum absolute atomic E-state index is 0.0385. The summed E-state index contributed by atoms with van der Waals surface area (Å²) >= 11 is 1.06. The molecular weight excluding hydrogens is 452 g/mol. The Morgan fingerprint density at radius 1 is 0.879 bits per heavy atom. The molecule has 0 aliphatic rings. The lowest BCUT2D eigenvalue weighted by atomic mass is 10.0. The summed E-state index contributed by atoms with van der Waals surface area (Å²) in [6.45, 7) is 5.78. The third kappa shape index (κ3) is 4.42. The van der Waals surface area contributed by atoms with Crippen LogP contribution in [0.3, 0.4) is 0 Å². The highest BCUT2D eigenvalue weighted by Gasteiger charge is 2.32. The van der Waals surface area contributed by atoms with E-state index in [9.17, 15) is 13.2 Å². The highest BCUT2D eigenvalue weighted by atomic mass is 32.2. The van der Waals surface area contributed by atoms with Crippen LogP contribution in [-0.4, -0.2) is 14.2 Å². The molecule has 0 unspecified atom stereocenters. The topological polar surface area (TPSA) is 89.3 Å². The first-order valence-electron chi connectivity index (χ1n) is 10.4. The average Bonchev–Trinajstić information content (AvgIpc) is 3.12. The van der Waals surface area contributed by atoms with Crippen LogP contribution in [0.25, 0.3) is 0 Å². The lowest BCUT2D eigenvalue weighted by Gasteiger charge is -2.10. The Morgan fingerprint density at radius 2 is 1.52 bits per heavy atom. The summed E-state index contributed by atoms with van der Waals surface area (Å²) in [6, 6.07) is 21.2. The molecule has 0 saturated carbocycles. The molecule has 7 heteroatoms. The van der Waals surface area contributed by atoms with Gasteiger partial charge in [0.15, 0.2) is 0 Å². The van der Waals surface area contributed by atoms with Crippen LogP contribution < -0.4 is 11.1 Å². The molecule has 1 heterocycles. The van der Waals surface area contributed by atoms with Crippen molar-refractivity contribution >= 4 is 43.3 Å². The molecule has 1 aromatic heterocycles. The number of anilines is 3. The zero-order chi connectivity index (χ0) is 23.8. The second-order valence-electron chi connectivity index (χ2n) is 7.96. The molecule has 3 aromatic carbocycles. The molecule has 0 spiro atoms. The van der Waals surface area contributed by atoms with Gasteiger partial charge in [0, 0.05) is 11.3 Å². The number of hydrogen-bond acceptors (Lipinski definition) is 6. The van der Waals surface area contributed by atoms with Gasteiger partial charge in [-0.1, -0.05) is 59.7 Å². The van der Waals surface area contributed by atoms with Crippen molar-refractivity contribution in [3.63, 3.8) is 0 Å². The number of thiophene rings is 1. The first kappa shape index (κ1) is 22.8. The van der Waals surface area contributed by atoms with E-state index in [4.69, 9.17) is 5.73 Å². The number of nitrogen functional groups attached to an aromatic ring is 1. The Labute approximate surface area is 197 Å². The molecule has 5 nitrogen and oxygen atoms in total. The molecule has 0 aliphatic heterocycles. The van der Waals surface area contributed by atoms with Gasteiger partial charge in [-0.2, -0.15) is 0 Å². The maximum Gasteiger partial charge on any atom is 0.211 e. The van der Waals surface area contributed by atoms with Gasteiger partial charge in [-0.3, -0.25) is 4.79 Å². The molecule has 168 valence electrons. The second kappa shape index (κ2) is 8.84. The van der Waals surface area contributed by atoms with E-state index in [0.717, 1.165) is 28.0 Å². The highest BCUT2D eigenvalue weighted by molar-refractivity contribution is 7.92. The molecule has 0 radical (unpaired) electrons. The number of nitrogens with two attached hydrogens (primary N) is 1. The minimum atomic E-state index is -3.97. The van der Waals surface area contributed by atoms with Crippen LogP contribution in [0.2, 0.25) is 0 Å². The van der Waals surface area contributed by atoms with Crippen LogP contribution in [0.15, 0.2) is 82.6 Å². The van der Waals surface area contributed by atoms with E-state index in [1.54, 1.807) is 24.3 Å². The number of sulfone groups is 1. The zero-order valence-corrected chi connectivity index (χ0v) is 20.2. The van der Waals surface area contributed by atoms with Gasteiger partial charge in [-0.15, -0.1) is 11.3 Å². The van der Waals surface area contributed by atoms with Gasteiger partial charge in [0.25, 0.3) is 0 Å². The largest absolute Gasteiger partial charge is 0.396 e. The Balaban J connectivity index is 1.89. The molecule has 0 bridgehead atoms. The van der Waals surface area contributed by atoms with Crippen molar-refractivity contribution in [1.29, 1.82) is 0 Å². The van der Waals surface area contributed by atoms with Gasteiger partial charge < -0.3 is 11.1 Å². The van der Waals surface area contributed by atoms with Crippen LogP contribution >= 0.6 is 11.3 Å². The van der Waals surface area contributed by atoms with Crippen molar-refractivity contribution in [3.05, 3.63) is 99.9 Å². The van der Waals surface area contributed by atoms with E-state index in [1.807, 2.05) is 57.2 Å². The molecule has 33 heavy (non-hydrogen) atoms. The summed E-state index contributed by atoms with van der Waals surface area (Å²) in [4.78, 5) is 13.7. The van der Waals surface area contributed by atoms with Crippen LogP contribution in [0.4, 0.5) is 16.4 Å².